The average Bonchev–Trinajstić information content (AvgIpc) is 2.86. The van der Waals surface area contributed by atoms with E-state index in [0.717, 1.165) is 11.3 Å². The molecule has 2 aromatic rings. The van der Waals surface area contributed by atoms with Gasteiger partial charge in [-0.1, -0.05) is 12.1 Å². The van der Waals surface area contributed by atoms with E-state index >= 15 is 0 Å². The van der Waals surface area contributed by atoms with Gasteiger partial charge in [0.15, 0.2) is 0 Å². The number of hydrogen-bond acceptors (Lipinski definition) is 3. The third-order valence-corrected chi connectivity index (χ3v) is 3.69. The van der Waals surface area contributed by atoms with Crippen molar-refractivity contribution in [3.63, 3.8) is 0 Å². The van der Waals surface area contributed by atoms with Gasteiger partial charge < -0.3 is 15.4 Å². The number of anilines is 1. The highest BCUT2D eigenvalue weighted by Crippen LogP contribution is 2.24. The third kappa shape index (κ3) is 4.00. The number of carbonyl (C=O) groups excluding carboxylic acids is 1. The maximum absolute atomic E-state index is 13.1. The maximum atomic E-state index is 13.1. The fourth-order valence-electron chi connectivity index (χ4n) is 2.47. The lowest BCUT2D eigenvalue weighted by atomic mass is 10.2. The molecule has 0 spiro atoms. The molecule has 0 aromatic heterocycles. The molecular weight excluding hydrogens is 319 g/mol. The monoisotopic (exact) mass is 336 g/mol. The number of amides is 1. The lowest BCUT2D eigenvalue weighted by Gasteiger charge is -2.16. The molecule has 1 aliphatic heterocycles. The van der Waals surface area contributed by atoms with Crippen LogP contribution in [-0.2, 0) is 11.4 Å². The molecule has 1 fully saturated rings. The minimum absolute atomic E-state index is 0. The van der Waals surface area contributed by atoms with Gasteiger partial charge in [-0.05, 0) is 48.4 Å². The van der Waals surface area contributed by atoms with Crippen LogP contribution in [0.3, 0.4) is 0 Å². The number of rotatable bonds is 4. The van der Waals surface area contributed by atoms with Gasteiger partial charge in [-0.2, -0.15) is 0 Å². The zero-order valence-corrected chi connectivity index (χ0v) is 13.3. The Morgan fingerprint density at radius 3 is 2.57 bits per heavy atom. The van der Waals surface area contributed by atoms with Crippen LogP contribution in [-0.4, -0.2) is 18.5 Å². The number of halogens is 2. The standard InChI is InChI=1S/C17H17FN2O2.ClH/c18-13-3-1-2-12(10-13)11-22-15-6-4-14(5-7-15)20-9-8-16(19)17(20)21;/h1-7,10,16H,8-9,11,19H2;1H/t16-;/m1./s1. The molecule has 122 valence electrons. The van der Waals surface area contributed by atoms with Crippen molar-refractivity contribution in [3.8, 4) is 5.75 Å². The number of carbonyl (C=O) groups is 1. The smallest absolute Gasteiger partial charge is 0.243 e. The highest BCUT2D eigenvalue weighted by molar-refractivity contribution is 5.99. The molecular formula is C17H18ClFN2O2. The molecule has 1 saturated heterocycles. The fourth-order valence-corrected chi connectivity index (χ4v) is 2.47. The third-order valence-electron chi connectivity index (χ3n) is 3.69. The first kappa shape index (κ1) is 17.2. The van der Waals surface area contributed by atoms with Gasteiger partial charge in [0.2, 0.25) is 5.91 Å². The van der Waals surface area contributed by atoms with E-state index in [0.29, 0.717) is 25.3 Å². The van der Waals surface area contributed by atoms with Crippen LogP contribution in [0.5, 0.6) is 5.75 Å². The Morgan fingerprint density at radius 2 is 1.96 bits per heavy atom. The Hall–Kier alpha value is -2.11. The molecule has 2 aromatic carbocycles. The SMILES string of the molecule is Cl.N[C@@H]1CCN(c2ccc(OCc3cccc(F)c3)cc2)C1=O. The van der Waals surface area contributed by atoms with E-state index < -0.39 is 6.04 Å². The van der Waals surface area contributed by atoms with Crippen LogP contribution in [0, 0.1) is 5.82 Å². The molecule has 1 atom stereocenters. The summed E-state index contributed by atoms with van der Waals surface area (Å²) in [4.78, 5) is 13.5. The molecule has 6 heteroatoms. The molecule has 1 amide bonds. The number of nitrogens with zero attached hydrogens (tertiary/aromatic N) is 1. The van der Waals surface area contributed by atoms with Gasteiger partial charge in [0.1, 0.15) is 18.2 Å². The predicted octanol–water partition coefficient (Wildman–Crippen LogP) is 2.89. The second kappa shape index (κ2) is 7.44. The summed E-state index contributed by atoms with van der Waals surface area (Å²) < 4.78 is 18.7. The predicted molar refractivity (Wildman–Crippen MR) is 89.4 cm³/mol. The Morgan fingerprint density at radius 1 is 1.22 bits per heavy atom. The van der Waals surface area contributed by atoms with Crippen LogP contribution < -0.4 is 15.4 Å². The Labute approximate surface area is 140 Å². The minimum atomic E-state index is -0.399. The van der Waals surface area contributed by atoms with Crippen molar-refractivity contribution in [2.75, 3.05) is 11.4 Å². The van der Waals surface area contributed by atoms with Crippen molar-refractivity contribution in [2.24, 2.45) is 5.73 Å². The van der Waals surface area contributed by atoms with Crippen molar-refractivity contribution in [1.82, 2.24) is 0 Å². The molecule has 0 radical (unpaired) electrons. The van der Waals surface area contributed by atoms with Gasteiger partial charge in [-0.15, -0.1) is 12.4 Å². The van der Waals surface area contributed by atoms with Crippen LogP contribution in [0.15, 0.2) is 48.5 Å². The fraction of sp³-hybridized carbons (Fsp3) is 0.235. The summed E-state index contributed by atoms with van der Waals surface area (Å²) in [7, 11) is 0. The molecule has 1 aliphatic rings. The first-order valence-corrected chi connectivity index (χ1v) is 7.18. The van der Waals surface area contributed by atoms with E-state index in [1.807, 2.05) is 18.2 Å². The van der Waals surface area contributed by atoms with E-state index in [1.165, 1.54) is 12.1 Å². The molecule has 4 nitrogen and oxygen atoms in total. The van der Waals surface area contributed by atoms with Gasteiger partial charge >= 0.3 is 0 Å². The average molecular weight is 337 g/mol. The summed E-state index contributed by atoms with van der Waals surface area (Å²) in [6.07, 6.45) is 0.677. The van der Waals surface area contributed by atoms with Crippen molar-refractivity contribution < 1.29 is 13.9 Å². The second-order valence-electron chi connectivity index (χ2n) is 5.30. The molecule has 0 bridgehead atoms. The Bertz CT molecular complexity index is 679. The summed E-state index contributed by atoms with van der Waals surface area (Å²) in [5.74, 6) is 0.345. The zero-order valence-electron chi connectivity index (χ0n) is 12.4. The minimum Gasteiger partial charge on any atom is -0.489 e. The first-order chi connectivity index (χ1) is 10.6. The molecule has 1 heterocycles. The molecule has 23 heavy (non-hydrogen) atoms. The van der Waals surface area contributed by atoms with E-state index in [9.17, 15) is 9.18 Å². The number of nitrogens with two attached hydrogens (primary N) is 1. The Kier molecular flexibility index (Phi) is 5.58. The lowest BCUT2D eigenvalue weighted by molar-refractivity contribution is -0.118. The zero-order chi connectivity index (χ0) is 15.5. The summed E-state index contributed by atoms with van der Waals surface area (Å²) in [6.45, 7) is 0.939. The summed E-state index contributed by atoms with van der Waals surface area (Å²) in [5, 5.41) is 0. The van der Waals surface area contributed by atoms with Gasteiger partial charge in [0.25, 0.3) is 0 Å². The van der Waals surface area contributed by atoms with Crippen LogP contribution in [0.4, 0.5) is 10.1 Å². The van der Waals surface area contributed by atoms with Gasteiger partial charge in [0.05, 0.1) is 6.04 Å². The highest BCUT2D eigenvalue weighted by Gasteiger charge is 2.29. The normalized spacial score (nSPS) is 17.0. The van der Waals surface area contributed by atoms with Crippen LogP contribution in [0.2, 0.25) is 0 Å². The summed E-state index contributed by atoms with van der Waals surface area (Å²) in [5.41, 5.74) is 7.30. The molecule has 0 aliphatic carbocycles. The van der Waals surface area contributed by atoms with Gasteiger partial charge in [0, 0.05) is 12.2 Å². The van der Waals surface area contributed by atoms with Crippen LogP contribution in [0.25, 0.3) is 0 Å². The highest BCUT2D eigenvalue weighted by atomic mass is 35.5. The second-order valence-corrected chi connectivity index (χ2v) is 5.30. The van der Waals surface area contributed by atoms with Crippen molar-refractivity contribution in [2.45, 2.75) is 19.1 Å². The van der Waals surface area contributed by atoms with Crippen molar-refractivity contribution >= 4 is 24.0 Å². The topological polar surface area (TPSA) is 55.6 Å². The van der Waals surface area contributed by atoms with Crippen molar-refractivity contribution in [3.05, 3.63) is 59.9 Å². The summed E-state index contributed by atoms with van der Waals surface area (Å²) in [6, 6.07) is 13.2. The molecule has 0 unspecified atom stereocenters. The Balaban J connectivity index is 0.00000192. The number of hydrogen-bond donors (Lipinski definition) is 1. The molecule has 0 saturated carbocycles. The lowest BCUT2D eigenvalue weighted by Crippen LogP contribution is -2.33. The molecule has 3 rings (SSSR count). The number of benzene rings is 2. The van der Waals surface area contributed by atoms with Gasteiger partial charge in [-0.3, -0.25) is 4.79 Å². The van der Waals surface area contributed by atoms with Gasteiger partial charge in [-0.25, -0.2) is 4.39 Å². The molecule has 2 N–H and O–H groups in total. The van der Waals surface area contributed by atoms with Crippen LogP contribution in [0.1, 0.15) is 12.0 Å². The van der Waals surface area contributed by atoms with E-state index in [-0.39, 0.29) is 24.1 Å². The maximum Gasteiger partial charge on any atom is 0.243 e. The van der Waals surface area contributed by atoms with E-state index in [4.69, 9.17) is 10.5 Å². The summed E-state index contributed by atoms with van der Waals surface area (Å²) >= 11 is 0. The first-order valence-electron chi connectivity index (χ1n) is 7.18. The van der Waals surface area contributed by atoms with E-state index in [1.54, 1.807) is 23.1 Å². The quantitative estimate of drug-likeness (QED) is 0.934. The van der Waals surface area contributed by atoms with E-state index in [2.05, 4.69) is 0 Å². The van der Waals surface area contributed by atoms with Crippen molar-refractivity contribution in [1.29, 1.82) is 0 Å². The van der Waals surface area contributed by atoms with Crippen LogP contribution >= 0.6 is 12.4 Å². The largest absolute Gasteiger partial charge is 0.489 e. The number of ether oxygens (including phenoxy) is 1.